The second kappa shape index (κ2) is 4.67. The predicted molar refractivity (Wildman–Crippen MR) is 66.2 cm³/mol. The molecule has 0 aromatic heterocycles. The van der Waals surface area contributed by atoms with Crippen LogP contribution in [0.25, 0.3) is 0 Å². The molecule has 1 aliphatic carbocycles. The lowest BCUT2D eigenvalue weighted by Crippen LogP contribution is -2.23. The summed E-state index contributed by atoms with van der Waals surface area (Å²) in [5.41, 5.74) is 1.31. The molecule has 0 amide bonds. The van der Waals surface area contributed by atoms with Crippen LogP contribution in [0.15, 0.2) is 24.3 Å². The summed E-state index contributed by atoms with van der Waals surface area (Å²) in [6.07, 6.45) is 4.54. The Labute approximate surface area is 102 Å². The molecule has 1 aliphatic heterocycles. The smallest absolute Gasteiger partial charge is 0.119 e. The van der Waals surface area contributed by atoms with Gasteiger partial charge in [0.2, 0.25) is 0 Å². The van der Waals surface area contributed by atoms with Crippen molar-refractivity contribution in [2.45, 2.75) is 43.9 Å². The fourth-order valence-corrected chi connectivity index (χ4v) is 2.32. The number of ether oxygens (including phenoxy) is 1. The van der Waals surface area contributed by atoms with Gasteiger partial charge in [0.15, 0.2) is 0 Å². The number of nitrogens with one attached hydrogen (secondary N) is 1. The molecule has 3 nitrogen and oxygen atoms in total. The Morgan fingerprint density at radius 2 is 2.00 bits per heavy atom. The van der Waals surface area contributed by atoms with Gasteiger partial charge in [0.25, 0.3) is 0 Å². The molecule has 3 rings (SSSR count). The van der Waals surface area contributed by atoms with E-state index in [1.807, 2.05) is 0 Å². The maximum Gasteiger partial charge on any atom is 0.119 e. The van der Waals surface area contributed by atoms with Crippen molar-refractivity contribution in [2.24, 2.45) is 0 Å². The van der Waals surface area contributed by atoms with Crippen LogP contribution < -0.4 is 10.1 Å². The van der Waals surface area contributed by atoms with Gasteiger partial charge in [0, 0.05) is 12.6 Å². The van der Waals surface area contributed by atoms with E-state index in [-0.39, 0.29) is 6.10 Å². The third kappa shape index (κ3) is 2.99. The molecule has 0 bridgehead atoms. The number of aliphatic hydroxyl groups excluding tert-OH is 1. The van der Waals surface area contributed by atoms with Crippen molar-refractivity contribution < 1.29 is 9.84 Å². The minimum absolute atomic E-state index is 0.169. The molecule has 92 valence electrons. The zero-order chi connectivity index (χ0) is 11.7. The van der Waals surface area contributed by atoms with Crippen molar-refractivity contribution in [3.8, 4) is 5.75 Å². The second-order valence-corrected chi connectivity index (χ2v) is 5.16. The van der Waals surface area contributed by atoms with Crippen molar-refractivity contribution in [1.29, 1.82) is 0 Å². The maximum absolute atomic E-state index is 9.45. The lowest BCUT2D eigenvalue weighted by molar-refractivity contribution is 0.193. The van der Waals surface area contributed by atoms with Gasteiger partial charge in [0.1, 0.15) is 5.75 Å². The van der Waals surface area contributed by atoms with Gasteiger partial charge in [-0.3, -0.25) is 0 Å². The fourth-order valence-electron chi connectivity index (χ4n) is 2.32. The molecule has 2 aliphatic rings. The quantitative estimate of drug-likeness (QED) is 0.828. The van der Waals surface area contributed by atoms with Crippen molar-refractivity contribution in [3.05, 3.63) is 29.8 Å². The van der Waals surface area contributed by atoms with Crippen LogP contribution >= 0.6 is 0 Å². The minimum Gasteiger partial charge on any atom is -0.490 e. The van der Waals surface area contributed by atoms with Gasteiger partial charge in [-0.2, -0.15) is 0 Å². The average molecular weight is 233 g/mol. The van der Waals surface area contributed by atoms with E-state index in [0.29, 0.717) is 12.1 Å². The summed E-state index contributed by atoms with van der Waals surface area (Å²) in [6, 6.07) is 8.78. The van der Waals surface area contributed by atoms with Gasteiger partial charge in [-0.15, -0.1) is 0 Å². The molecule has 1 aromatic carbocycles. The Kier molecular flexibility index (Phi) is 3.04. The zero-order valence-corrected chi connectivity index (χ0v) is 9.93. The number of hydrogen-bond donors (Lipinski definition) is 2. The highest BCUT2D eigenvalue weighted by Crippen LogP contribution is 2.27. The highest BCUT2D eigenvalue weighted by atomic mass is 16.5. The maximum atomic E-state index is 9.45. The van der Waals surface area contributed by atoms with Crippen LogP contribution in [-0.4, -0.2) is 29.9 Å². The third-order valence-corrected chi connectivity index (χ3v) is 3.43. The normalized spacial score (nSPS) is 28.3. The van der Waals surface area contributed by atoms with Gasteiger partial charge in [-0.05, 0) is 43.4 Å². The summed E-state index contributed by atoms with van der Waals surface area (Å²) >= 11 is 0. The molecule has 17 heavy (non-hydrogen) atoms. The summed E-state index contributed by atoms with van der Waals surface area (Å²) in [5.74, 6) is 0.982. The number of benzene rings is 1. The molecule has 1 saturated carbocycles. The van der Waals surface area contributed by atoms with E-state index in [4.69, 9.17) is 4.74 Å². The van der Waals surface area contributed by atoms with Crippen molar-refractivity contribution in [1.82, 2.24) is 5.32 Å². The van der Waals surface area contributed by atoms with Crippen LogP contribution in [0, 0.1) is 0 Å². The van der Waals surface area contributed by atoms with Crippen LogP contribution in [0.1, 0.15) is 24.8 Å². The molecule has 1 aromatic rings. The number of aliphatic hydroxyl groups is 1. The number of rotatable bonds is 4. The summed E-state index contributed by atoms with van der Waals surface area (Å²) in [7, 11) is 0. The van der Waals surface area contributed by atoms with Gasteiger partial charge in [0.05, 0.1) is 12.2 Å². The monoisotopic (exact) mass is 233 g/mol. The Balaban J connectivity index is 1.55. The molecule has 0 spiro atoms. The molecule has 1 saturated heterocycles. The van der Waals surface area contributed by atoms with E-state index in [9.17, 15) is 5.11 Å². The Morgan fingerprint density at radius 1 is 1.24 bits per heavy atom. The molecule has 2 N–H and O–H groups in total. The van der Waals surface area contributed by atoms with Crippen molar-refractivity contribution >= 4 is 0 Å². The second-order valence-electron chi connectivity index (χ2n) is 5.16. The summed E-state index contributed by atoms with van der Waals surface area (Å²) in [5, 5.41) is 12.8. The Hall–Kier alpha value is -1.06. The van der Waals surface area contributed by atoms with Crippen molar-refractivity contribution in [3.63, 3.8) is 0 Å². The molecule has 0 radical (unpaired) electrons. The zero-order valence-electron chi connectivity index (χ0n) is 9.93. The lowest BCUT2D eigenvalue weighted by atomic mass is 10.0. The highest BCUT2D eigenvalue weighted by Gasteiger charge is 2.24. The summed E-state index contributed by atoms with van der Waals surface area (Å²) in [6.45, 7) is 0.730. The first kappa shape index (κ1) is 11.1. The van der Waals surface area contributed by atoms with Gasteiger partial charge in [-0.1, -0.05) is 12.1 Å². The first-order valence-electron chi connectivity index (χ1n) is 6.46. The first-order chi connectivity index (χ1) is 8.29. The highest BCUT2D eigenvalue weighted by molar-refractivity contribution is 5.28. The fraction of sp³-hybridized carbons (Fsp3) is 0.571. The van der Waals surface area contributed by atoms with E-state index < -0.39 is 0 Å². The third-order valence-electron chi connectivity index (χ3n) is 3.43. The van der Waals surface area contributed by atoms with Crippen LogP contribution in [0.2, 0.25) is 0 Å². The van der Waals surface area contributed by atoms with E-state index in [1.54, 1.807) is 0 Å². The molecule has 3 heteroatoms. The van der Waals surface area contributed by atoms with Gasteiger partial charge in [-0.25, -0.2) is 0 Å². The SMILES string of the molecule is O[C@@H]1CN[C@H](Cc2ccc(OC3CC3)cc2)C1. The van der Waals surface area contributed by atoms with Crippen LogP contribution in [0.4, 0.5) is 0 Å². The number of β-amino-alcohol motifs (C(OH)–C–C–N with tert-alkyl or cyclic N) is 1. The first-order valence-corrected chi connectivity index (χ1v) is 6.46. The van der Waals surface area contributed by atoms with E-state index in [0.717, 1.165) is 25.1 Å². The molecule has 1 heterocycles. The summed E-state index contributed by atoms with van der Waals surface area (Å²) in [4.78, 5) is 0. The number of hydrogen-bond acceptors (Lipinski definition) is 3. The van der Waals surface area contributed by atoms with Crippen LogP contribution in [0.3, 0.4) is 0 Å². The predicted octanol–water partition coefficient (Wildman–Crippen LogP) is 1.49. The summed E-state index contributed by atoms with van der Waals surface area (Å²) < 4.78 is 5.71. The molecular formula is C14H19NO2. The molecular weight excluding hydrogens is 214 g/mol. The van der Waals surface area contributed by atoms with Gasteiger partial charge >= 0.3 is 0 Å². The van der Waals surface area contributed by atoms with Crippen molar-refractivity contribution in [2.75, 3.05) is 6.54 Å². The molecule has 2 atom stereocenters. The van der Waals surface area contributed by atoms with E-state index >= 15 is 0 Å². The minimum atomic E-state index is -0.169. The Morgan fingerprint density at radius 3 is 2.59 bits per heavy atom. The van der Waals surface area contributed by atoms with E-state index in [1.165, 1.54) is 18.4 Å². The van der Waals surface area contributed by atoms with Crippen LogP contribution in [0.5, 0.6) is 5.75 Å². The lowest BCUT2D eigenvalue weighted by Gasteiger charge is -2.10. The van der Waals surface area contributed by atoms with Crippen LogP contribution in [-0.2, 0) is 6.42 Å². The standard InChI is InChI=1S/C14H19NO2/c16-12-8-11(15-9-12)7-10-1-3-13(4-2-10)17-14-5-6-14/h1-4,11-12,14-16H,5-9H2/t11-,12+/m1/s1. The largest absolute Gasteiger partial charge is 0.490 e. The molecule has 0 unspecified atom stereocenters. The topological polar surface area (TPSA) is 41.5 Å². The van der Waals surface area contributed by atoms with Gasteiger partial charge < -0.3 is 15.2 Å². The van der Waals surface area contributed by atoms with E-state index in [2.05, 4.69) is 29.6 Å². The average Bonchev–Trinajstić information content (AvgIpc) is 3.04. The molecule has 2 fully saturated rings. The Bertz CT molecular complexity index is 372.